The summed E-state index contributed by atoms with van der Waals surface area (Å²) in [6.07, 6.45) is 2.55. The van der Waals surface area contributed by atoms with Crippen molar-refractivity contribution in [3.63, 3.8) is 0 Å². The molecule has 0 unspecified atom stereocenters. The van der Waals surface area contributed by atoms with Crippen LogP contribution in [0.1, 0.15) is 35.9 Å². The molecule has 5 nitrogen and oxygen atoms in total. The second-order valence-corrected chi connectivity index (χ2v) is 7.95. The summed E-state index contributed by atoms with van der Waals surface area (Å²) >= 11 is 1.31. The number of hydrogen-bond donors (Lipinski definition) is 0. The highest BCUT2D eigenvalue weighted by atomic mass is 32.1. The van der Waals surface area contributed by atoms with Gasteiger partial charge in [-0.05, 0) is 60.9 Å². The van der Waals surface area contributed by atoms with Crippen molar-refractivity contribution in [2.75, 3.05) is 4.90 Å². The zero-order valence-corrected chi connectivity index (χ0v) is 15.2. The minimum Gasteiger partial charge on any atom is -0.422 e. The Kier molecular flexibility index (Phi) is 4.36. The molecule has 0 spiro atoms. The molecule has 1 saturated heterocycles. The van der Waals surface area contributed by atoms with Crippen LogP contribution < -0.4 is 9.64 Å². The molecule has 6 heteroatoms. The third kappa shape index (κ3) is 2.94. The zero-order valence-electron chi connectivity index (χ0n) is 14.4. The molecule has 134 valence electrons. The van der Waals surface area contributed by atoms with Crippen LogP contribution in [0.5, 0.6) is 5.75 Å². The standard InChI is InChI=1S/C20H19NO4S/c1-12-4-9-15-16(11-12)19(23)21(18(15)22)13-5-7-14(8-6-13)25-20(24)17-3-2-10-26-17/h2-3,5-8,10,12,15-16H,4,9,11H2,1H3/t12-,15-,16+/m0/s1. The molecule has 4 rings (SSSR count). The summed E-state index contributed by atoms with van der Waals surface area (Å²) in [7, 11) is 0. The van der Waals surface area contributed by atoms with Crippen molar-refractivity contribution in [3.05, 3.63) is 46.7 Å². The van der Waals surface area contributed by atoms with Crippen LogP contribution in [0.15, 0.2) is 41.8 Å². The molecule has 1 aromatic heterocycles. The quantitative estimate of drug-likeness (QED) is 0.468. The Morgan fingerprint density at radius 1 is 1.08 bits per heavy atom. The normalized spacial score (nSPS) is 25.3. The minimum atomic E-state index is -0.416. The number of imide groups is 1. The number of carbonyl (C=O) groups is 3. The van der Waals surface area contributed by atoms with Crippen molar-refractivity contribution < 1.29 is 19.1 Å². The Balaban J connectivity index is 1.51. The summed E-state index contributed by atoms with van der Waals surface area (Å²) in [4.78, 5) is 39.3. The number of anilines is 1. The van der Waals surface area contributed by atoms with Crippen LogP contribution in [0, 0.1) is 17.8 Å². The first kappa shape index (κ1) is 17.0. The van der Waals surface area contributed by atoms with Crippen LogP contribution >= 0.6 is 11.3 Å². The molecule has 2 fully saturated rings. The lowest BCUT2D eigenvalue weighted by atomic mass is 9.76. The van der Waals surface area contributed by atoms with Gasteiger partial charge in [-0.3, -0.25) is 14.5 Å². The Labute approximate surface area is 155 Å². The van der Waals surface area contributed by atoms with Gasteiger partial charge < -0.3 is 4.74 Å². The van der Waals surface area contributed by atoms with E-state index in [4.69, 9.17) is 4.74 Å². The average Bonchev–Trinajstić information content (AvgIpc) is 3.24. The van der Waals surface area contributed by atoms with Gasteiger partial charge in [0.1, 0.15) is 10.6 Å². The maximum absolute atomic E-state index is 12.7. The number of benzene rings is 1. The highest BCUT2D eigenvalue weighted by Gasteiger charge is 2.49. The highest BCUT2D eigenvalue weighted by Crippen LogP contribution is 2.42. The maximum Gasteiger partial charge on any atom is 0.353 e. The molecule has 2 aliphatic rings. The van der Waals surface area contributed by atoms with Gasteiger partial charge in [-0.15, -0.1) is 11.3 Å². The lowest BCUT2D eigenvalue weighted by Gasteiger charge is -2.25. The van der Waals surface area contributed by atoms with E-state index in [0.717, 1.165) is 19.3 Å². The van der Waals surface area contributed by atoms with Gasteiger partial charge in [-0.25, -0.2) is 4.79 Å². The predicted molar refractivity (Wildman–Crippen MR) is 98.2 cm³/mol. The van der Waals surface area contributed by atoms with Gasteiger partial charge in [0, 0.05) is 0 Å². The Morgan fingerprint density at radius 3 is 2.50 bits per heavy atom. The smallest absolute Gasteiger partial charge is 0.353 e. The van der Waals surface area contributed by atoms with E-state index in [1.165, 1.54) is 16.2 Å². The van der Waals surface area contributed by atoms with Crippen molar-refractivity contribution >= 4 is 34.8 Å². The van der Waals surface area contributed by atoms with E-state index in [1.54, 1.807) is 36.4 Å². The molecular formula is C20H19NO4S. The number of amides is 2. The van der Waals surface area contributed by atoms with Gasteiger partial charge in [0.2, 0.25) is 11.8 Å². The lowest BCUT2D eigenvalue weighted by molar-refractivity contribution is -0.122. The van der Waals surface area contributed by atoms with Crippen molar-refractivity contribution in [3.8, 4) is 5.75 Å². The first-order chi connectivity index (χ1) is 12.5. The number of nitrogens with zero attached hydrogens (tertiary/aromatic N) is 1. The molecule has 3 atom stereocenters. The molecule has 2 heterocycles. The molecule has 2 aromatic rings. The average molecular weight is 369 g/mol. The van der Waals surface area contributed by atoms with Crippen molar-refractivity contribution in [2.24, 2.45) is 17.8 Å². The van der Waals surface area contributed by atoms with Gasteiger partial charge in [-0.2, -0.15) is 0 Å². The summed E-state index contributed by atoms with van der Waals surface area (Å²) in [5, 5.41) is 1.81. The highest BCUT2D eigenvalue weighted by molar-refractivity contribution is 7.12. The zero-order chi connectivity index (χ0) is 18.3. The largest absolute Gasteiger partial charge is 0.422 e. The van der Waals surface area contributed by atoms with Crippen LogP contribution in [0.4, 0.5) is 5.69 Å². The van der Waals surface area contributed by atoms with Gasteiger partial charge in [-0.1, -0.05) is 13.0 Å². The molecule has 1 aliphatic heterocycles. The van der Waals surface area contributed by atoms with Gasteiger partial charge in [0.25, 0.3) is 0 Å². The number of rotatable bonds is 3. The number of fused-ring (bicyclic) bond motifs is 1. The molecule has 0 radical (unpaired) electrons. The lowest BCUT2D eigenvalue weighted by Crippen LogP contribution is -2.30. The number of thiophene rings is 1. The van der Waals surface area contributed by atoms with Gasteiger partial charge >= 0.3 is 5.97 Å². The Morgan fingerprint density at radius 2 is 1.81 bits per heavy atom. The molecule has 2 amide bonds. The van der Waals surface area contributed by atoms with Gasteiger partial charge in [0.05, 0.1) is 17.5 Å². The van der Waals surface area contributed by atoms with Crippen LogP contribution in [0.25, 0.3) is 0 Å². The third-order valence-electron chi connectivity index (χ3n) is 5.22. The molecule has 1 aromatic carbocycles. The molecule has 0 bridgehead atoms. The summed E-state index contributed by atoms with van der Waals surface area (Å²) in [5.74, 6) is -0.131. The summed E-state index contributed by atoms with van der Waals surface area (Å²) < 4.78 is 5.32. The SMILES string of the molecule is C[C@H]1CC[C@@H]2C(=O)N(c3ccc(OC(=O)c4cccs4)cc3)C(=O)[C@@H]2C1. The van der Waals surface area contributed by atoms with Crippen molar-refractivity contribution in [2.45, 2.75) is 26.2 Å². The second-order valence-electron chi connectivity index (χ2n) is 7.00. The molecule has 0 N–H and O–H groups in total. The number of esters is 1. The van der Waals surface area contributed by atoms with E-state index in [-0.39, 0.29) is 23.7 Å². The van der Waals surface area contributed by atoms with Crippen LogP contribution in [0.2, 0.25) is 0 Å². The molecular weight excluding hydrogens is 350 g/mol. The Hall–Kier alpha value is -2.47. The van der Waals surface area contributed by atoms with E-state index in [0.29, 0.717) is 22.2 Å². The monoisotopic (exact) mass is 369 g/mol. The fraction of sp³-hybridized carbons (Fsp3) is 0.350. The summed E-state index contributed by atoms with van der Waals surface area (Å²) in [5.41, 5.74) is 0.540. The maximum atomic E-state index is 12.7. The fourth-order valence-electron chi connectivity index (χ4n) is 3.86. The topological polar surface area (TPSA) is 63.7 Å². The Bertz CT molecular complexity index is 843. The van der Waals surface area contributed by atoms with Crippen molar-refractivity contribution in [1.82, 2.24) is 0 Å². The van der Waals surface area contributed by atoms with E-state index in [2.05, 4.69) is 6.92 Å². The predicted octanol–water partition coefficient (Wildman–Crippen LogP) is 3.89. The van der Waals surface area contributed by atoms with Crippen molar-refractivity contribution in [1.29, 1.82) is 0 Å². The summed E-state index contributed by atoms with van der Waals surface area (Å²) in [6, 6.07) is 10.0. The molecule has 1 aliphatic carbocycles. The van der Waals surface area contributed by atoms with E-state index < -0.39 is 5.97 Å². The van der Waals surface area contributed by atoms with Crippen LogP contribution in [0.3, 0.4) is 0 Å². The first-order valence-electron chi connectivity index (χ1n) is 8.78. The number of hydrogen-bond acceptors (Lipinski definition) is 5. The second kappa shape index (κ2) is 6.68. The van der Waals surface area contributed by atoms with E-state index >= 15 is 0 Å². The molecule has 26 heavy (non-hydrogen) atoms. The fourth-order valence-corrected chi connectivity index (χ4v) is 4.46. The van der Waals surface area contributed by atoms with Gasteiger partial charge in [0.15, 0.2) is 0 Å². The first-order valence-corrected chi connectivity index (χ1v) is 9.66. The number of carbonyl (C=O) groups excluding carboxylic acids is 3. The molecule has 1 saturated carbocycles. The third-order valence-corrected chi connectivity index (χ3v) is 6.07. The van der Waals surface area contributed by atoms with E-state index in [9.17, 15) is 14.4 Å². The van der Waals surface area contributed by atoms with Crippen LogP contribution in [-0.4, -0.2) is 17.8 Å². The minimum absolute atomic E-state index is 0.102. The summed E-state index contributed by atoms with van der Waals surface area (Å²) in [6.45, 7) is 2.13. The number of ether oxygens (including phenoxy) is 1. The van der Waals surface area contributed by atoms with E-state index in [1.807, 2.05) is 5.38 Å². The van der Waals surface area contributed by atoms with Crippen LogP contribution in [-0.2, 0) is 9.59 Å².